The number of benzene rings is 4. The maximum Gasteiger partial charge on any atom is 0.164 e. The van der Waals surface area contributed by atoms with Gasteiger partial charge in [0.25, 0.3) is 0 Å². The summed E-state index contributed by atoms with van der Waals surface area (Å²) in [5.41, 5.74) is 6.65. The lowest BCUT2D eigenvalue weighted by Crippen LogP contribution is -2.17. The molecule has 0 saturated carbocycles. The zero-order valence-corrected chi connectivity index (χ0v) is 21.3. The molecule has 5 nitrogen and oxygen atoms in total. The van der Waals surface area contributed by atoms with Crippen molar-refractivity contribution in [2.75, 3.05) is 5.32 Å². The quantitative estimate of drug-likeness (QED) is 0.221. The van der Waals surface area contributed by atoms with Gasteiger partial charge in [-0.15, -0.1) is 0 Å². The van der Waals surface area contributed by atoms with E-state index in [0.717, 1.165) is 45.5 Å². The van der Waals surface area contributed by atoms with Crippen LogP contribution in [0.1, 0.15) is 12.0 Å². The Kier molecular flexibility index (Phi) is 6.87. The summed E-state index contributed by atoms with van der Waals surface area (Å²) >= 11 is 0. The van der Waals surface area contributed by atoms with E-state index >= 15 is 0 Å². The van der Waals surface area contributed by atoms with Crippen molar-refractivity contribution in [1.82, 2.24) is 15.0 Å². The van der Waals surface area contributed by atoms with Gasteiger partial charge in [0.05, 0.1) is 0 Å². The molecule has 5 heteroatoms. The Morgan fingerprint density at radius 1 is 0.615 bits per heavy atom. The fourth-order valence-electron chi connectivity index (χ4n) is 4.66. The number of aromatic nitrogens is 3. The smallest absolute Gasteiger partial charge is 0.164 e. The number of nitrogens with one attached hydrogen (secondary N) is 2. The largest absolute Gasteiger partial charge is 0.378 e. The first-order valence-corrected chi connectivity index (χ1v) is 13.0. The monoisotopic (exact) mass is 505 g/mol. The van der Waals surface area contributed by atoms with Gasteiger partial charge in [0.2, 0.25) is 0 Å². The predicted octanol–water partition coefficient (Wildman–Crippen LogP) is 7.83. The van der Waals surface area contributed by atoms with Gasteiger partial charge >= 0.3 is 0 Å². The summed E-state index contributed by atoms with van der Waals surface area (Å²) in [6.45, 7) is 0. The van der Waals surface area contributed by atoms with Crippen LogP contribution in [-0.2, 0) is 0 Å². The summed E-state index contributed by atoms with van der Waals surface area (Å²) in [7, 11) is 0. The highest BCUT2D eigenvalue weighted by Gasteiger charge is 2.14. The summed E-state index contributed by atoms with van der Waals surface area (Å²) in [4.78, 5) is 14.5. The Labute approximate surface area is 228 Å². The Balaban J connectivity index is 1.38. The maximum atomic E-state index is 8.02. The van der Waals surface area contributed by atoms with E-state index in [9.17, 15) is 0 Å². The van der Waals surface area contributed by atoms with Crippen LogP contribution in [0.5, 0.6) is 0 Å². The van der Waals surface area contributed by atoms with E-state index in [-0.39, 0.29) is 6.04 Å². The molecule has 39 heavy (non-hydrogen) atoms. The summed E-state index contributed by atoms with van der Waals surface area (Å²) in [5.74, 6) is 1.89. The van der Waals surface area contributed by atoms with Gasteiger partial charge in [-0.3, -0.25) is 0 Å². The average molecular weight is 506 g/mol. The molecule has 4 aromatic carbocycles. The molecule has 1 aromatic heterocycles. The number of anilines is 1. The Morgan fingerprint density at radius 3 is 1.82 bits per heavy atom. The summed E-state index contributed by atoms with van der Waals surface area (Å²) in [6.07, 6.45) is 10.7. The van der Waals surface area contributed by atoms with Crippen molar-refractivity contribution in [3.8, 4) is 45.3 Å². The van der Waals surface area contributed by atoms with Crippen LogP contribution in [0.3, 0.4) is 0 Å². The summed E-state index contributed by atoms with van der Waals surface area (Å²) in [5, 5.41) is 11.6. The lowest BCUT2D eigenvalue weighted by atomic mass is 9.99. The van der Waals surface area contributed by atoms with Crippen LogP contribution in [0.4, 0.5) is 5.69 Å². The molecular formula is C34H27N5. The minimum absolute atomic E-state index is 0.226. The molecular weight excluding hydrogens is 478 g/mol. The molecule has 0 saturated heterocycles. The number of allylic oxidation sites excluding steroid dienone is 2. The van der Waals surface area contributed by atoms with Crippen LogP contribution >= 0.6 is 0 Å². The van der Waals surface area contributed by atoms with Gasteiger partial charge in [0.1, 0.15) is 0 Å². The second kappa shape index (κ2) is 11.1. The van der Waals surface area contributed by atoms with Crippen LogP contribution in [0.25, 0.3) is 45.3 Å². The molecule has 1 heterocycles. The molecule has 2 N–H and O–H groups in total. The lowest BCUT2D eigenvalue weighted by molar-refractivity contribution is 0.883. The van der Waals surface area contributed by atoms with Crippen LogP contribution < -0.4 is 5.32 Å². The number of rotatable bonds is 7. The van der Waals surface area contributed by atoms with E-state index in [2.05, 4.69) is 60.0 Å². The van der Waals surface area contributed by atoms with E-state index < -0.39 is 0 Å². The van der Waals surface area contributed by atoms with Crippen LogP contribution in [0.15, 0.2) is 127 Å². The average Bonchev–Trinajstić information content (AvgIpc) is 3.02. The highest BCUT2D eigenvalue weighted by atomic mass is 15.0. The fraction of sp³-hybridized carbons (Fsp3) is 0.0588. The molecule has 1 unspecified atom stereocenters. The first-order chi connectivity index (χ1) is 19.3. The Bertz CT molecular complexity index is 1620. The molecule has 5 aromatic rings. The minimum atomic E-state index is 0.226. The third-order valence-corrected chi connectivity index (χ3v) is 6.68. The number of hydrogen-bond acceptors (Lipinski definition) is 5. The molecule has 188 valence electrons. The molecule has 0 amide bonds. The van der Waals surface area contributed by atoms with Crippen molar-refractivity contribution in [2.24, 2.45) is 0 Å². The van der Waals surface area contributed by atoms with E-state index in [4.69, 9.17) is 20.4 Å². The number of hydrogen-bond donors (Lipinski definition) is 2. The second-order valence-electron chi connectivity index (χ2n) is 9.37. The van der Waals surface area contributed by atoms with Gasteiger partial charge < -0.3 is 10.7 Å². The third kappa shape index (κ3) is 5.43. The van der Waals surface area contributed by atoms with Crippen LogP contribution in [0, 0.1) is 5.41 Å². The van der Waals surface area contributed by atoms with Gasteiger partial charge in [-0.25, -0.2) is 15.0 Å². The standard InChI is InChI=1S/C34H27N5/c35-23-29-22-27(19-20-31(29)36-30-17-8-3-9-18-30)26-15-10-16-28(21-26)34-38-32(24-11-4-1-5-12-24)37-33(39-34)25-13-6-2-7-14-25/h1-17,19-23,30,35-36H,18H2. The number of nitrogens with zero attached hydrogens (tertiary/aromatic N) is 3. The highest BCUT2D eigenvalue weighted by molar-refractivity contribution is 5.89. The molecule has 1 aliphatic carbocycles. The molecule has 0 fully saturated rings. The summed E-state index contributed by atoms with van der Waals surface area (Å²) < 4.78 is 0. The molecule has 0 spiro atoms. The maximum absolute atomic E-state index is 8.02. The zero-order valence-electron chi connectivity index (χ0n) is 21.3. The minimum Gasteiger partial charge on any atom is -0.378 e. The van der Waals surface area contributed by atoms with Gasteiger partial charge in [-0.2, -0.15) is 0 Å². The van der Waals surface area contributed by atoms with Crippen molar-refractivity contribution in [3.05, 3.63) is 133 Å². The van der Waals surface area contributed by atoms with E-state index in [0.29, 0.717) is 17.5 Å². The molecule has 1 aliphatic rings. The first-order valence-electron chi connectivity index (χ1n) is 13.0. The second-order valence-corrected chi connectivity index (χ2v) is 9.37. The molecule has 6 rings (SSSR count). The van der Waals surface area contributed by atoms with Crippen LogP contribution in [0.2, 0.25) is 0 Å². The van der Waals surface area contributed by atoms with Gasteiger partial charge in [-0.1, -0.05) is 109 Å². The molecule has 1 atom stereocenters. The van der Waals surface area contributed by atoms with E-state index in [1.165, 1.54) is 6.21 Å². The molecule has 0 bridgehead atoms. The van der Waals surface area contributed by atoms with Crippen molar-refractivity contribution in [2.45, 2.75) is 12.5 Å². The van der Waals surface area contributed by atoms with E-state index in [1.807, 2.05) is 72.8 Å². The normalized spacial score (nSPS) is 14.2. The molecule has 0 radical (unpaired) electrons. The van der Waals surface area contributed by atoms with Crippen molar-refractivity contribution in [3.63, 3.8) is 0 Å². The fourth-order valence-corrected chi connectivity index (χ4v) is 4.66. The Hall–Kier alpha value is -5.16. The molecule has 0 aliphatic heterocycles. The lowest BCUT2D eigenvalue weighted by Gasteiger charge is -2.19. The third-order valence-electron chi connectivity index (χ3n) is 6.68. The van der Waals surface area contributed by atoms with E-state index in [1.54, 1.807) is 0 Å². The van der Waals surface area contributed by atoms with Crippen molar-refractivity contribution in [1.29, 1.82) is 5.41 Å². The summed E-state index contributed by atoms with van der Waals surface area (Å²) in [6, 6.07) is 34.6. The SMILES string of the molecule is N=Cc1cc(-c2cccc(-c3nc(-c4ccccc4)nc(-c4ccccc4)n3)c2)ccc1NC1C=CC=CC1. The van der Waals surface area contributed by atoms with Gasteiger partial charge in [-0.05, 0) is 35.7 Å². The van der Waals surface area contributed by atoms with Gasteiger partial charge in [0, 0.05) is 40.2 Å². The predicted molar refractivity (Wildman–Crippen MR) is 160 cm³/mol. The highest BCUT2D eigenvalue weighted by Crippen LogP contribution is 2.30. The Morgan fingerprint density at radius 2 is 1.21 bits per heavy atom. The van der Waals surface area contributed by atoms with Crippen molar-refractivity contribution < 1.29 is 0 Å². The first kappa shape index (κ1) is 24.2. The van der Waals surface area contributed by atoms with Crippen molar-refractivity contribution >= 4 is 11.9 Å². The van der Waals surface area contributed by atoms with Gasteiger partial charge in [0.15, 0.2) is 17.5 Å². The topological polar surface area (TPSA) is 74.5 Å². The zero-order chi connectivity index (χ0) is 26.4. The van der Waals surface area contributed by atoms with Crippen LogP contribution in [-0.4, -0.2) is 27.2 Å².